The largest absolute Gasteiger partial charge is 0.573 e. The van der Waals surface area contributed by atoms with Gasteiger partial charge in [0, 0.05) is 4.47 Å². The van der Waals surface area contributed by atoms with Gasteiger partial charge in [0.25, 0.3) is 0 Å². The molecule has 0 saturated carbocycles. The Kier molecular flexibility index (Phi) is 3.51. The molecule has 17 heavy (non-hydrogen) atoms. The van der Waals surface area contributed by atoms with Crippen LogP contribution < -0.4 is 10.5 Å². The number of nitrogens with two attached hydrogens (primary N) is 1. The molecule has 0 amide bonds. The molecule has 0 bridgehead atoms. The van der Waals surface area contributed by atoms with E-state index in [4.69, 9.17) is 5.73 Å². The molecular formula is C8H4BrF6NO. The Labute approximate surface area is 99.5 Å². The first-order valence-corrected chi connectivity index (χ1v) is 4.72. The molecule has 2 N–H and O–H groups in total. The number of alkyl halides is 6. The summed E-state index contributed by atoms with van der Waals surface area (Å²) in [5.74, 6) is -1.38. The molecule has 1 aromatic carbocycles. The van der Waals surface area contributed by atoms with Crippen molar-refractivity contribution in [2.24, 2.45) is 0 Å². The Hall–Kier alpha value is -1.12. The summed E-state index contributed by atoms with van der Waals surface area (Å²) in [5, 5.41) is 0. The second-order valence-electron chi connectivity index (χ2n) is 2.88. The monoisotopic (exact) mass is 323 g/mol. The predicted octanol–water partition coefficient (Wildman–Crippen LogP) is 3.95. The molecule has 0 radical (unpaired) electrons. The molecule has 0 saturated heterocycles. The third-order valence-electron chi connectivity index (χ3n) is 1.66. The Morgan fingerprint density at radius 1 is 1.06 bits per heavy atom. The Morgan fingerprint density at radius 3 is 2.00 bits per heavy atom. The fourth-order valence-corrected chi connectivity index (χ4v) is 1.41. The van der Waals surface area contributed by atoms with Gasteiger partial charge in [-0.1, -0.05) is 0 Å². The maximum Gasteiger partial charge on any atom is 0.573 e. The highest BCUT2D eigenvalue weighted by molar-refractivity contribution is 9.10. The molecule has 96 valence electrons. The summed E-state index contributed by atoms with van der Waals surface area (Å²) in [7, 11) is 0. The van der Waals surface area contributed by atoms with Crippen LogP contribution in [0.15, 0.2) is 16.6 Å². The SMILES string of the molecule is Nc1c(Br)ccc(OC(F)(F)F)c1C(F)(F)F. The van der Waals surface area contributed by atoms with Crippen molar-refractivity contribution in [3.63, 3.8) is 0 Å². The summed E-state index contributed by atoms with van der Waals surface area (Å²) < 4.78 is 76.4. The number of halogens is 7. The van der Waals surface area contributed by atoms with Crippen molar-refractivity contribution in [3.05, 3.63) is 22.2 Å². The fraction of sp³-hybridized carbons (Fsp3) is 0.250. The minimum absolute atomic E-state index is 0.167. The highest BCUT2D eigenvalue weighted by Gasteiger charge is 2.41. The standard InChI is InChI=1S/C8H4BrF6NO/c9-3-1-2-4(17-8(13,14)15)5(6(3)16)7(10,11)12/h1-2H,16H2. The van der Waals surface area contributed by atoms with Crippen molar-refractivity contribution in [1.29, 1.82) is 0 Å². The molecule has 0 unspecified atom stereocenters. The van der Waals surface area contributed by atoms with Crippen molar-refractivity contribution in [3.8, 4) is 5.75 Å². The van der Waals surface area contributed by atoms with Gasteiger partial charge in [-0.05, 0) is 28.1 Å². The quantitative estimate of drug-likeness (QED) is 0.627. The first-order valence-electron chi connectivity index (χ1n) is 3.93. The van der Waals surface area contributed by atoms with E-state index in [1.54, 1.807) is 0 Å². The van der Waals surface area contributed by atoms with Crippen LogP contribution in [0.25, 0.3) is 0 Å². The average Bonchev–Trinajstić information content (AvgIpc) is 2.06. The summed E-state index contributed by atoms with van der Waals surface area (Å²) in [4.78, 5) is 0. The number of anilines is 1. The van der Waals surface area contributed by atoms with E-state index >= 15 is 0 Å². The Balaban J connectivity index is 3.36. The van der Waals surface area contributed by atoms with Crippen molar-refractivity contribution in [2.45, 2.75) is 12.5 Å². The van der Waals surface area contributed by atoms with Gasteiger partial charge in [0.2, 0.25) is 0 Å². The fourth-order valence-electron chi connectivity index (χ4n) is 1.08. The van der Waals surface area contributed by atoms with Crippen LogP contribution in [0.2, 0.25) is 0 Å². The number of benzene rings is 1. The van der Waals surface area contributed by atoms with E-state index in [1.165, 1.54) is 0 Å². The third kappa shape index (κ3) is 3.42. The molecule has 0 aliphatic heterocycles. The summed E-state index contributed by atoms with van der Waals surface area (Å²) in [6.45, 7) is 0. The molecule has 1 aromatic rings. The molecule has 2 nitrogen and oxygen atoms in total. The van der Waals surface area contributed by atoms with Crippen LogP contribution in [0.4, 0.5) is 32.0 Å². The van der Waals surface area contributed by atoms with E-state index in [2.05, 4.69) is 20.7 Å². The van der Waals surface area contributed by atoms with Gasteiger partial charge >= 0.3 is 12.5 Å². The van der Waals surface area contributed by atoms with Crippen LogP contribution in [0, 0.1) is 0 Å². The van der Waals surface area contributed by atoms with Crippen LogP contribution in [-0.4, -0.2) is 6.36 Å². The van der Waals surface area contributed by atoms with Gasteiger partial charge in [-0.25, -0.2) is 0 Å². The first kappa shape index (κ1) is 13.9. The molecule has 1 rings (SSSR count). The Morgan fingerprint density at radius 2 is 1.59 bits per heavy atom. The van der Waals surface area contributed by atoms with Crippen LogP contribution >= 0.6 is 15.9 Å². The number of nitrogen functional groups attached to an aromatic ring is 1. The van der Waals surface area contributed by atoms with E-state index in [9.17, 15) is 26.3 Å². The van der Waals surface area contributed by atoms with Crippen LogP contribution in [0.1, 0.15) is 5.56 Å². The minimum Gasteiger partial charge on any atom is -0.405 e. The summed E-state index contributed by atoms with van der Waals surface area (Å²) in [6.07, 6.45) is -10.3. The first-order chi connectivity index (χ1) is 7.52. The highest BCUT2D eigenvalue weighted by Crippen LogP contribution is 2.44. The molecule has 0 fully saturated rings. The molecule has 0 aromatic heterocycles. The zero-order valence-electron chi connectivity index (χ0n) is 7.79. The second-order valence-corrected chi connectivity index (χ2v) is 3.73. The zero-order valence-corrected chi connectivity index (χ0v) is 9.37. The molecule has 0 aliphatic carbocycles. The van der Waals surface area contributed by atoms with Crippen LogP contribution in [0.3, 0.4) is 0 Å². The summed E-state index contributed by atoms with van der Waals surface area (Å²) in [5.41, 5.74) is 2.55. The van der Waals surface area contributed by atoms with E-state index < -0.39 is 29.5 Å². The number of rotatable bonds is 1. The molecule has 0 atom stereocenters. The van der Waals surface area contributed by atoms with Crippen molar-refractivity contribution in [1.82, 2.24) is 0 Å². The lowest BCUT2D eigenvalue weighted by molar-refractivity contribution is -0.276. The number of hydrogen-bond acceptors (Lipinski definition) is 2. The smallest absolute Gasteiger partial charge is 0.405 e. The Bertz CT molecular complexity index is 427. The molecule has 0 aliphatic rings. The van der Waals surface area contributed by atoms with E-state index in [0.717, 1.165) is 6.07 Å². The third-order valence-corrected chi connectivity index (χ3v) is 2.35. The normalized spacial score (nSPS) is 12.6. The topological polar surface area (TPSA) is 35.2 Å². The highest BCUT2D eigenvalue weighted by atomic mass is 79.9. The van der Waals surface area contributed by atoms with Gasteiger partial charge in [-0.2, -0.15) is 13.2 Å². The summed E-state index contributed by atoms with van der Waals surface area (Å²) >= 11 is 2.69. The molecule has 9 heteroatoms. The average molecular weight is 324 g/mol. The van der Waals surface area contributed by atoms with E-state index in [1.807, 2.05) is 0 Å². The van der Waals surface area contributed by atoms with E-state index in [0.29, 0.717) is 6.07 Å². The molecule has 0 spiro atoms. The zero-order chi connectivity index (χ0) is 13.4. The van der Waals surface area contributed by atoms with Gasteiger partial charge < -0.3 is 10.5 Å². The van der Waals surface area contributed by atoms with Crippen molar-refractivity contribution >= 4 is 21.6 Å². The maximum absolute atomic E-state index is 12.5. The minimum atomic E-state index is -5.22. The van der Waals surface area contributed by atoms with Crippen LogP contribution in [0.5, 0.6) is 5.75 Å². The second kappa shape index (κ2) is 4.28. The molecule has 0 heterocycles. The summed E-state index contributed by atoms with van der Waals surface area (Å²) in [6, 6.07) is 1.47. The van der Waals surface area contributed by atoms with Gasteiger partial charge in [0.1, 0.15) is 11.3 Å². The van der Waals surface area contributed by atoms with E-state index in [-0.39, 0.29) is 4.47 Å². The number of hydrogen-bond donors (Lipinski definition) is 1. The maximum atomic E-state index is 12.5. The van der Waals surface area contributed by atoms with Gasteiger partial charge in [-0.3, -0.25) is 0 Å². The van der Waals surface area contributed by atoms with Crippen LogP contribution in [-0.2, 0) is 6.18 Å². The van der Waals surface area contributed by atoms with Crippen molar-refractivity contribution in [2.75, 3.05) is 5.73 Å². The van der Waals surface area contributed by atoms with Gasteiger partial charge in [-0.15, -0.1) is 13.2 Å². The van der Waals surface area contributed by atoms with Crippen molar-refractivity contribution < 1.29 is 31.1 Å². The van der Waals surface area contributed by atoms with Gasteiger partial charge in [0.15, 0.2) is 0 Å². The lowest BCUT2D eigenvalue weighted by atomic mass is 10.1. The predicted molar refractivity (Wildman–Crippen MR) is 50.2 cm³/mol. The van der Waals surface area contributed by atoms with Gasteiger partial charge in [0.05, 0.1) is 5.69 Å². The lowest BCUT2D eigenvalue weighted by Crippen LogP contribution is -2.21. The molecular weight excluding hydrogens is 320 g/mol. The lowest BCUT2D eigenvalue weighted by Gasteiger charge is -2.17. The number of ether oxygens (including phenoxy) is 1.